The van der Waals surface area contributed by atoms with E-state index in [1.54, 1.807) is 6.07 Å². The first-order chi connectivity index (χ1) is 13.5. The van der Waals surface area contributed by atoms with E-state index >= 15 is 0 Å². The van der Waals surface area contributed by atoms with Gasteiger partial charge >= 0.3 is 0 Å². The van der Waals surface area contributed by atoms with Crippen molar-refractivity contribution in [3.8, 4) is 0 Å². The number of amides is 1. The third kappa shape index (κ3) is 5.87. The molecule has 28 heavy (non-hydrogen) atoms. The Morgan fingerprint density at radius 3 is 2.54 bits per heavy atom. The second-order valence-electron chi connectivity index (χ2n) is 7.33. The van der Waals surface area contributed by atoms with E-state index in [0.717, 1.165) is 50.3 Å². The van der Waals surface area contributed by atoms with E-state index in [-0.39, 0.29) is 11.8 Å². The van der Waals surface area contributed by atoms with Gasteiger partial charge in [0, 0.05) is 48.3 Å². The molecule has 1 amide bonds. The summed E-state index contributed by atoms with van der Waals surface area (Å²) in [5.74, 6) is 0.268. The van der Waals surface area contributed by atoms with E-state index < -0.39 is 0 Å². The van der Waals surface area contributed by atoms with Gasteiger partial charge in [0.2, 0.25) is 5.91 Å². The van der Waals surface area contributed by atoms with E-state index in [4.69, 9.17) is 23.2 Å². The number of nitrogens with zero attached hydrogens (tertiary/aromatic N) is 2. The third-order valence-corrected chi connectivity index (χ3v) is 5.90. The molecule has 0 aromatic heterocycles. The van der Waals surface area contributed by atoms with Gasteiger partial charge in [-0.15, -0.1) is 0 Å². The molecule has 0 spiro atoms. The van der Waals surface area contributed by atoms with Gasteiger partial charge in [-0.2, -0.15) is 0 Å². The molecule has 1 saturated heterocycles. The number of carbonyl (C=O) groups is 1. The number of halogens is 2. The Bertz CT molecular complexity index is 777. The molecule has 2 aromatic carbocycles. The molecule has 4 nitrogen and oxygen atoms in total. The summed E-state index contributed by atoms with van der Waals surface area (Å²) in [6.07, 6.45) is 1.76. The van der Waals surface area contributed by atoms with Gasteiger partial charge in [-0.05, 0) is 55.8 Å². The lowest BCUT2D eigenvalue weighted by Gasteiger charge is -2.31. The van der Waals surface area contributed by atoms with Gasteiger partial charge in [0.15, 0.2) is 0 Å². The lowest BCUT2D eigenvalue weighted by Crippen LogP contribution is -2.42. The number of carbonyl (C=O) groups excluding carboxylic acids is 1. The van der Waals surface area contributed by atoms with Gasteiger partial charge in [-0.1, -0.05) is 47.5 Å². The largest absolute Gasteiger partial charge is 0.373 e. The number of piperidine rings is 1. The standard InChI is InChI=1S/C22H27Cl2N3O/c1-26(20-5-3-2-4-6-20)14-11-25-22(28)17-9-12-27(13-10-17)16-18-7-8-19(23)15-21(18)24/h2-8,15,17H,9-14,16H2,1H3,(H,25,28). The molecule has 150 valence electrons. The average Bonchev–Trinajstić information content (AvgIpc) is 2.71. The first-order valence-corrected chi connectivity index (χ1v) is 10.5. The topological polar surface area (TPSA) is 35.6 Å². The lowest BCUT2D eigenvalue weighted by atomic mass is 9.95. The average molecular weight is 420 g/mol. The highest BCUT2D eigenvalue weighted by Gasteiger charge is 2.25. The van der Waals surface area contributed by atoms with Crippen molar-refractivity contribution in [1.82, 2.24) is 10.2 Å². The first kappa shape index (κ1) is 21.0. The zero-order valence-electron chi connectivity index (χ0n) is 16.2. The minimum atomic E-state index is 0.0963. The fourth-order valence-corrected chi connectivity index (χ4v) is 4.02. The number of hydrogen-bond acceptors (Lipinski definition) is 3. The normalized spacial score (nSPS) is 15.4. The SMILES string of the molecule is CN(CCNC(=O)C1CCN(Cc2ccc(Cl)cc2Cl)CC1)c1ccccc1. The number of para-hydroxylation sites is 1. The molecule has 0 atom stereocenters. The van der Waals surface area contributed by atoms with E-state index in [9.17, 15) is 4.79 Å². The van der Waals surface area contributed by atoms with Crippen LogP contribution in [0, 0.1) is 5.92 Å². The Kier molecular flexibility index (Phi) is 7.60. The summed E-state index contributed by atoms with van der Waals surface area (Å²) in [5, 5.41) is 4.46. The number of hydrogen-bond donors (Lipinski definition) is 1. The number of likely N-dealkylation sites (N-methyl/N-ethyl adjacent to an activating group) is 1. The van der Waals surface area contributed by atoms with Gasteiger partial charge in [-0.25, -0.2) is 0 Å². The molecule has 1 fully saturated rings. The maximum absolute atomic E-state index is 12.5. The Hall–Kier alpha value is -1.75. The summed E-state index contributed by atoms with van der Waals surface area (Å²) < 4.78 is 0. The van der Waals surface area contributed by atoms with Crippen LogP contribution >= 0.6 is 23.2 Å². The van der Waals surface area contributed by atoms with Crippen LogP contribution in [0.4, 0.5) is 5.69 Å². The Balaban J connectivity index is 1.39. The quantitative estimate of drug-likeness (QED) is 0.719. The molecule has 0 bridgehead atoms. The predicted octanol–water partition coefficient (Wildman–Crippen LogP) is 4.46. The molecule has 0 saturated carbocycles. The fraction of sp³-hybridized carbons (Fsp3) is 0.409. The smallest absolute Gasteiger partial charge is 0.223 e. The fourth-order valence-electron chi connectivity index (χ4n) is 3.55. The second-order valence-corrected chi connectivity index (χ2v) is 8.18. The van der Waals surface area contributed by atoms with Crippen LogP contribution in [0.15, 0.2) is 48.5 Å². The van der Waals surface area contributed by atoms with Gasteiger partial charge in [0.05, 0.1) is 0 Å². The van der Waals surface area contributed by atoms with Crippen molar-refractivity contribution in [2.45, 2.75) is 19.4 Å². The Morgan fingerprint density at radius 1 is 1.14 bits per heavy atom. The molecule has 1 aliphatic rings. The van der Waals surface area contributed by atoms with E-state index in [2.05, 4.69) is 27.2 Å². The van der Waals surface area contributed by atoms with Gasteiger partial charge in [0.1, 0.15) is 0 Å². The molecule has 2 aromatic rings. The van der Waals surface area contributed by atoms with Crippen LogP contribution in [-0.2, 0) is 11.3 Å². The summed E-state index contributed by atoms with van der Waals surface area (Å²) in [7, 11) is 2.04. The summed E-state index contributed by atoms with van der Waals surface area (Å²) in [6.45, 7) is 4.06. The van der Waals surface area contributed by atoms with Crippen molar-refractivity contribution >= 4 is 34.8 Å². The van der Waals surface area contributed by atoms with Crippen molar-refractivity contribution < 1.29 is 4.79 Å². The molecule has 3 rings (SSSR count). The van der Waals surface area contributed by atoms with Crippen molar-refractivity contribution in [2.75, 3.05) is 38.1 Å². The molecule has 0 radical (unpaired) electrons. The van der Waals surface area contributed by atoms with Crippen LogP contribution in [0.5, 0.6) is 0 Å². The highest BCUT2D eigenvalue weighted by Crippen LogP contribution is 2.25. The number of nitrogens with one attached hydrogen (secondary N) is 1. The van der Waals surface area contributed by atoms with E-state index in [0.29, 0.717) is 16.6 Å². The maximum atomic E-state index is 12.5. The predicted molar refractivity (Wildman–Crippen MR) is 117 cm³/mol. The van der Waals surface area contributed by atoms with Crippen molar-refractivity contribution in [2.24, 2.45) is 5.92 Å². The summed E-state index contributed by atoms with van der Waals surface area (Å²) in [5.41, 5.74) is 2.24. The van der Waals surface area contributed by atoms with Crippen molar-refractivity contribution in [3.05, 3.63) is 64.1 Å². The monoisotopic (exact) mass is 419 g/mol. The number of anilines is 1. The molecular weight excluding hydrogens is 393 g/mol. The minimum absolute atomic E-state index is 0.0963. The number of rotatable bonds is 7. The van der Waals surface area contributed by atoms with Gasteiger partial charge in [0.25, 0.3) is 0 Å². The Labute approximate surface area is 177 Å². The molecule has 1 N–H and O–H groups in total. The highest BCUT2D eigenvalue weighted by molar-refractivity contribution is 6.35. The van der Waals surface area contributed by atoms with Crippen LogP contribution in [0.1, 0.15) is 18.4 Å². The van der Waals surface area contributed by atoms with Crippen LogP contribution < -0.4 is 10.2 Å². The summed E-state index contributed by atoms with van der Waals surface area (Å²) in [4.78, 5) is 17.0. The Morgan fingerprint density at radius 2 is 1.86 bits per heavy atom. The maximum Gasteiger partial charge on any atom is 0.223 e. The van der Waals surface area contributed by atoms with Crippen LogP contribution in [0.3, 0.4) is 0 Å². The van der Waals surface area contributed by atoms with E-state index in [1.165, 1.54) is 0 Å². The first-order valence-electron chi connectivity index (χ1n) is 9.73. The molecule has 0 aliphatic carbocycles. The number of benzene rings is 2. The third-order valence-electron chi connectivity index (χ3n) is 5.31. The van der Waals surface area contributed by atoms with E-state index in [1.807, 2.05) is 37.4 Å². The lowest BCUT2D eigenvalue weighted by molar-refractivity contribution is -0.126. The van der Waals surface area contributed by atoms with Gasteiger partial charge < -0.3 is 10.2 Å². The second kappa shape index (κ2) is 10.1. The van der Waals surface area contributed by atoms with Crippen LogP contribution in [-0.4, -0.2) is 44.0 Å². The molecule has 1 heterocycles. The van der Waals surface area contributed by atoms with Crippen molar-refractivity contribution in [1.29, 1.82) is 0 Å². The summed E-state index contributed by atoms with van der Waals surface area (Å²) in [6, 6.07) is 15.8. The molecular formula is C22H27Cl2N3O. The highest BCUT2D eigenvalue weighted by atomic mass is 35.5. The number of likely N-dealkylation sites (tertiary alicyclic amines) is 1. The van der Waals surface area contributed by atoms with Crippen LogP contribution in [0.25, 0.3) is 0 Å². The molecule has 0 unspecified atom stereocenters. The van der Waals surface area contributed by atoms with Crippen LogP contribution in [0.2, 0.25) is 10.0 Å². The molecule has 6 heteroatoms. The van der Waals surface area contributed by atoms with Crippen molar-refractivity contribution in [3.63, 3.8) is 0 Å². The van der Waals surface area contributed by atoms with Gasteiger partial charge in [-0.3, -0.25) is 9.69 Å². The molecule has 1 aliphatic heterocycles. The summed E-state index contributed by atoms with van der Waals surface area (Å²) >= 11 is 12.2. The zero-order valence-corrected chi connectivity index (χ0v) is 17.7. The minimum Gasteiger partial charge on any atom is -0.373 e. The zero-order chi connectivity index (χ0) is 19.9.